The Hall–Kier alpha value is -4.83. The molecule has 272 valence electrons. The van der Waals surface area contributed by atoms with E-state index in [2.05, 4.69) is 20.6 Å². The largest absolute Gasteiger partial charge is 0.467 e. The van der Waals surface area contributed by atoms with E-state index in [1.165, 1.54) is 18.9 Å². The van der Waals surface area contributed by atoms with Crippen LogP contribution in [0.25, 0.3) is 10.9 Å². The third kappa shape index (κ3) is 9.70. The van der Waals surface area contributed by atoms with Gasteiger partial charge in [0.15, 0.2) is 0 Å². The summed E-state index contributed by atoms with van der Waals surface area (Å²) < 4.78 is 28.5. The van der Waals surface area contributed by atoms with Crippen LogP contribution < -0.4 is 5.32 Å². The van der Waals surface area contributed by atoms with Crippen molar-refractivity contribution in [3.05, 3.63) is 82.8 Å². The number of alkyl halides is 1. The lowest BCUT2D eigenvalue weighted by molar-refractivity contribution is -0.154. The second-order valence-corrected chi connectivity index (χ2v) is 11.9. The fraction of sp³-hybridized carbons (Fsp3) is 0.429. The second kappa shape index (κ2) is 18.4. The molecule has 1 aliphatic rings. The number of carbonyl (C=O) groups is 4. The molecule has 0 fully saturated rings. The van der Waals surface area contributed by atoms with Crippen molar-refractivity contribution >= 4 is 46.3 Å². The summed E-state index contributed by atoms with van der Waals surface area (Å²) >= 11 is 6.04. The van der Waals surface area contributed by atoms with Gasteiger partial charge in [-0.2, -0.15) is 0 Å². The number of nitrogens with zero attached hydrogens (tertiary/aromatic N) is 4. The molecule has 0 aliphatic carbocycles. The highest BCUT2D eigenvalue weighted by Gasteiger charge is 2.43. The quantitative estimate of drug-likeness (QED) is 0.0876. The van der Waals surface area contributed by atoms with Gasteiger partial charge in [-0.3, -0.25) is 9.59 Å². The fourth-order valence-corrected chi connectivity index (χ4v) is 6.01. The minimum atomic E-state index is -0.888. The van der Waals surface area contributed by atoms with E-state index in [1.54, 1.807) is 35.1 Å². The first-order valence-electron chi connectivity index (χ1n) is 16.5. The number of amides is 2. The lowest BCUT2D eigenvalue weighted by Gasteiger charge is -2.40. The fourth-order valence-electron chi connectivity index (χ4n) is 5.87. The van der Waals surface area contributed by atoms with Crippen molar-refractivity contribution in [1.82, 2.24) is 30.2 Å². The number of fused-ring (bicyclic) bond motifs is 3. The zero-order valence-electron chi connectivity index (χ0n) is 28.5. The van der Waals surface area contributed by atoms with Gasteiger partial charge in [-0.05, 0) is 29.3 Å². The van der Waals surface area contributed by atoms with Crippen LogP contribution >= 0.6 is 11.6 Å². The van der Waals surface area contributed by atoms with Crippen LogP contribution in [0, 0.1) is 0 Å². The van der Waals surface area contributed by atoms with Gasteiger partial charge >= 0.3 is 11.9 Å². The van der Waals surface area contributed by atoms with E-state index in [4.69, 9.17) is 35.3 Å². The van der Waals surface area contributed by atoms with Crippen molar-refractivity contribution in [2.45, 2.75) is 38.6 Å². The molecule has 1 aliphatic heterocycles. The van der Waals surface area contributed by atoms with Crippen LogP contribution in [0.3, 0.4) is 0 Å². The maximum atomic E-state index is 13.2. The second-order valence-electron chi connectivity index (χ2n) is 11.6. The summed E-state index contributed by atoms with van der Waals surface area (Å²) in [5.74, 6) is -1.94. The number of rotatable bonds is 18. The molecule has 0 unspecified atom stereocenters. The summed E-state index contributed by atoms with van der Waals surface area (Å²) in [5.41, 5.74) is 4.00. The van der Waals surface area contributed by atoms with Crippen LogP contribution in [0.2, 0.25) is 0 Å². The number of nitrogens with one attached hydrogen (secondary N) is 2. The summed E-state index contributed by atoms with van der Waals surface area (Å²) in [6.07, 6.45) is 1.94. The van der Waals surface area contributed by atoms with Crippen molar-refractivity contribution in [3.63, 3.8) is 0 Å². The number of esters is 2. The summed E-state index contributed by atoms with van der Waals surface area (Å²) in [5, 5.41) is 11.7. The van der Waals surface area contributed by atoms with Gasteiger partial charge < -0.3 is 38.9 Å². The molecule has 2 atom stereocenters. The van der Waals surface area contributed by atoms with Crippen LogP contribution in [0.5, 0.6) is 0 Å². The molecule has 3 heterocycles. The highest BCUT2D eigenvalue weighted by atomic mass is 35.5. The van der Waals surface area contributed by atoms with E-state index in [-0.39, 0.29) is 24.8 Å². The minimum absolute atomic E-state index is 0.0813. The predicted molar refractivity (Wildman–Crippen MR) is 184 cm³/mol. The van der Waals surface area contributed by atoms with Gasteiger partial charge in [0, 0.05) is 36.5 Å². The van der Waals surface area contributed by atoms with E-state index in [9.17, 15) is 19.2 Å². The van der Waals surface area contributed by atoms with Gasteiger partial charge in [-0.25, -0.2) is 14.3 Å². The average molecular weight is 725 g/mol. The molecule has 15 nitrogen and oxygen atoms in total. The summed E-state index contributed by atoms with van der Waals surface area (Å²) in [6.45, 7) is 4.79. The maximum Gasteiger partial charge on any atom is 0.338 e. The van der Waals surface area contributed by atoms with Crippen molar-refractivity contribution in [1.29, 1.82) is 0 Å². The number of halogens is 1. The van der Waals surface area contributed by atoms with Gasteiger partial charge in [0.1, 0.15) is 24.2 Å². The van der Waals surface area contributed by atoms with Gasteiger partial charge in [-0.15, -0.1) is 16.7 Å². The lowest BCUT2D eigenvalue weighted by Crippen LogP contribution is -2.52. The normalized spacial score (nSPS) is 15.4. The molecule has 0 spiro atoms. The Kier molecular flexibility index (Phi) is 13.5. The molecular weight excluding hydrogens is 684 g/mol. The number of hydrogen-bond donors (Lipinski definition) is 2. The minimum Gasteiger partial charge on any atom is -0.467 e. The summed E-state index contributed by atoms with van der Waals surface area (Å²) in [7, 11) is 1.29. The first-order chi connectivity index (χ1) is 24.8. The van der Waals surface area contributed by atoms with Crippen molar-refractivity contribution in [2.24, 2.45) is 0 Å². The monoisotopic (exact) mass is 724 g/mol. The van der Waals surface area contributed by atoms with E-state index in [0.717, 1.165) is 22.2 Å². The molecule has 0 radical (unpaired) electrons. The van der Waals surface area contributed by atoms with Gasteiger partial charge in [0.25, 0.3) is 0 Å². The number of aromatic nitrogens is 4. The lowest BCUT2D eigenvalue weighted by atomic mass is 9.87. The van der Waals surface area contributed by atoms with E-state index < -0.39 is 29.9 Å². The average Bonchev–Trinajstić information content (AvgIpc) is 3.77. The number of H-pyrrole nitrogens is 1. The number of para-hydroxylation sites is 1. The van der Waals surface area contributed by atoms with Crippen LogP contribution in [-0.2, 0) is 57.6 Å². The Morgan fingerprint density at radius 3 is 2.37 bits per heavy atom. The highest BCUT2D eigenvalue weighted by molar-refractivity contribution is 6.27. The van der Waals surface area contributed by atoms with Crippen molar-refractivity contribution < 1.29 is 42.9 Å². The first-order valence-corrected chi connectivity index (χ1v) is 17.0. The zero-order valence-corrected chi connectivity index (χ0v) is 29.2. The van der Waals surface area contributed by atoms with Crippen LogP contribution in [-0.4, -0.2) is 114 Å². The summed E-state index contributed by atoms with van der Waals surface area (Å²) in [4.78, 5) is 54.9. The maximum absolute atomic E-state index is 13.2. The predicted octanol–water partition coefficient (Wildman–Crippen LogP) is 2.56. The Bertz CT molecular complexity index is 1790. The summed E-state index contributed by atoms with van der Waals surface area (Å²) in [6, 6.07) is 12.9. The van der Waals surface area contributed by atoms with Crippen molar-refractivity contribution in [2.75, 3.05) is 59.2 Å². The van der Waals surface area contributed by atoms with Gasteiger partial charge in [-0.1, -0.05) is 35.5 Å². The molecule has 2 N–H and O–H groups in total. The standard InChI is InChI=1S/C35H41ClN6O9/c1-23(43)37-11-13-48-15-17-50-18-16-49-14-12-41-21-26(39-40-41)22-51-34(45)25-9-7-24(8-10-25)33-32-28(27-5-3-4-6-29(27)38-32)19-30(35(46)47-2)42(33)31(44)20-36/h3-10,21,30,33,38H,11-20,22H2,1-2H3,(H,37,43)/t30-,33-/m1/s1. The molecule has 5 rings (SSSR count). The van der Waals surface area contributed by atoms with Crippen LogP contribution in [0.15, 0.2) is 54.7 Å². The Labute approximate surface area is 299 Å². The molecule has 2 amide bonds. The van der Waals surface area contributed by atoms with E-state index in [0.29, 0.717) is 69.6 Å². The Morgan fingerprint density at radius 1 is 0.961 bits per heavy atom. The molecule has 0 saturated heterocycles. The number of ether oxygens (including phenoxy) is 5. The molecule has 2 aromatic carbocycles. The molecule has 16 heteroatoms. The first kappa shape index (κ1) is 37.4. The number of aromatic amines is 1. The van der Waals surface area contributed by atoms with Gasteiger partial charge in [0.05, 0.1) is 71.1 Å². The van der Waals surface area contributed by atoms with Crippen LogP contribution in [0.4, 0.5) is 0 Å². The molecule has 0 bridgehead atoms. The molecule has 4 aromatic rings. The molecule has 2 aromatic heterocycles. The van der Waals surface area contributed by atoms with Crippen molar-refractivity contribution in [3.8, 4) is 0 Å². The molecular formula is C35H41ClN6O9. The molecule has 51 heavy (non-hydrogen) atoms. The zero-order chi connectivity index (χ0) is 36.2. The number of benzene rings is 2. The Morgan fingerprint density at radius 2 is 1.67 bits per heavy atom. The number of carbonyl (C=O) groups excluding carboxylic acids is 4. The topological polar surface area (TPSA) is 176 Å². The smallest absolute Gasteiger partial charge is 0.338 e. The van der Waals surface area contributed by atoms with E-state index in [1.807, 2.05) is 24.3 Å². The number of methoxy groups -OCH3 is 1. The number of hydrogen-bond acceptors (Lipinski definition) is 11. The Balaban J connectivity index is 1.12. The van der Waals surface area contributed by atoms with Gasteiger partial charge in [0.2, 0.25) is 11.8 Å². The van der Waals surface area contributed by atoms with Crippen LogP contribution in [0.1, 0.15) is 45.8 Å². The molecule has 0 saturated carbocycles. The van der Waals surface area contributed by atoms with E-state index >= 15 is 0 Å². The highest BCUT2D eigenvalue weighted by Crippen LogP contribution is 2.41. The third-order valence-electron chi connectivity index (χ3n) is 8.24. The SMILES string of the molecule is COC(=O)[C@H]1Cc2c([nH]c3ccccc23)[C@@H](c2ccc(C(=O)OCc3cn(CCOCCOCCOCCNC(C)=O)nn3)cc2)N1C(=O)CCl. The third-order valence-corrected chi connectivity index (χ3v) is 8.46.